The Balaban J connectivity index is 4.86. The average molecular weight is 265 g/mol. The Kier molecular flexibility index (Phi) is 6.02. The van der Waals surface area contributed by atoms with Crippen LogP contribution in [0.1, 0.15) is 34.6 Å². The molecule has 0 bridgehead atoms. The van der Waals surface area contributed by atoms with E-state index in [2.05, 4.69) is 0 Å². The van der Waals surface area contributed by atoms with Crippen LogP contribution in [0.4, 0.5) is 0 Å². The third-order valence-electron chi connectivity index (χ3n) is 1.46. The predicted molar refractivity (Wildman–Crippen MR) is 64.4 cm³/mol. The van der Waals surface area contributed by atoms with Crippen molar-refractivity contribution in [2.24, 2.45) is 0 Å². The standard InChI is InChI=1S/C10H20NO5P/c1-6-14-17(13,15-7-2)8(11)9(12)16-10(3,4)5/h11H,6-7H2,1-5H3. The monoisotopic (exact) mass is 265 g/mol. The average Bonchev–Trinajstić information content (AvgIpc) is 2.14. The number of hydrogen-bond donors (Lipinski definition) is 1. The van der Waals surface area contributed by atoms with Gasteiger partial charge < -0.3 is 13.8 Å². The van der Waals surface area contributed by atoms with Gasteiger partial charge in [-0.1, -0.05) is 0 Å². The number of rotatable bonds is 6. The van der Waals surface area contributed by atoms with E-state index < -0.39 is 24.6 Å². The molecule has 6 nitrogen and oxygen atoms in total. The van der Waals surface area contributed by atoms with Crippen LogP contribution in [-0.2, 0) is 23.1 Å². The molecule has 0 heterocycles. The van der Waals surface area contributed by atoms with Crippen LogP contribution in [0.3, 0.4) is 0 Å². The molecule has 1 N–H and O–H groups in total. The van der Waals surface area contributed by atoms with Gasteiger partial charge in [-0.3, -0.25) is 9.97 Å². The van der Waals surface area contributed by atoms with Gasteiger partial charge in [0.25, 0.3) is 0 Å². The molecule has 7 heteroatoms. The van der Waals surface area contributed by atoms with Crippen molar-refractivity contribution in [1.29, 1.82) is 5.41 Å². The van der Waals surface area contributed by atoms with Gasteiger partial charge in [-0.05, 0) is 34.6 Å². The summed E-state index contributed by atoms with van der Waals surface area (Å²) in [6.07, 6.45) is 0. The highest BCUT2D eigenvalue weighted by Gasteiger charge is 2.38. The molecule has 0 saturated heterocycles. The zero-order valence-electron chi connectivity index (χ0n) is 10.9. The topological polar surface area (TPSA) is 85.7 Å². The Labute approximate surface area is 102 Å². The number of hydrogen-bond acceptors (Lipinski definition) is 6. The van der Waals surface area contributed by atoms with Crippen LogP contribution < -0.4 is 0 Å². The van der Waals surface area contributed by atoms with Gasteiger partial charge in [-0.2, -0.15) is 0 Å². The second-order valence-corrected chi connectivity index (χ2v) is 6.14. The van der Waals surface area contributed by atoms with Crippen molar-refractivity contribution in [3.8, 4) is 0 Å². The first-order valence-electron chi connectivity index (χ1n) is 5.38. The zero-order valence-corrected chi connectivity index (χ0v) is 11.8. The Morgan fingerprint density at radius 3 is 1.88 bits per heavy atom. The van der Waals surface area contributed by atoms with E-state index in [-0.39, 0.29) is 13.2 Å². The molecule has 0 rings (SSSR count). The molecule has 100 valence electrons. The molecule has 0 aromatic heterocycles. The van der Waals surface area contributed by atoms with Crippen molar-refractivity contribution >= 4 is 19.0 Å². The van der Waals surface area contributed by atoms with Crippen molar-refractivity contribution in [2.75, 3.05) is 13.2 Å². The number of carbonyl (C=O) groups excluding carboxylic acids is 1. The van der Waals surface area contributed by atoms with Crippen LogP contribution in [0.2, 0.25) is 0 Å². The second kappa shape index (κ2) is 6.28. The normalized spacial score (nSPS) is 12.3. The zero-order chi connectivity index (χ0) is 13.7. The summed E-state index contributed by atoms with van der Waals surface area (Å²) < 4.78 is 26.8. The van der Waals surface area contributed by atoms with Crippen molar-refractivity contribution < 1.29 is 23.1 Å². The highest BCUT2D eigenvalue weighted by atomic mass is 31.2. The summed E-state index contributed by atoms with van der Waals surface area (Å²) in [5.41, 5.74) is -1.52. The van der Waals surface area contributed by atoms with Crippen molar-refractivity contribution in [3.05, 3.63) is 0 Å². The fourth-order valence-electron chi connectivity index (χ4n) is 0.945. The van der Waals surface area contributed by atoms with Crippen LogP contribution in [0.15, 0.2) is 0 Å². The Morgan fingerprint density at radius 2 is 1.59 bits per heavy atom. The van der Waals surface area contributed by atoms with Crippen LogP contribution in [0.5, 0.6) is 0 Å². The fraction of sp³-hybridized carbons (Fsp3) is 0.800. The number of esters is 1. The maximum absolute atomic E-state index is 12.1. The minimum absolute atomic E-state index is 0.0858. The lowest BCUT2D eigenvalue weighted by molar-refractivity contribution is -0.145. The summed E-state index contributed by atoms with van der Waals surface area (Å²) in [5.74, 6) is -0.984. The van der Waals surface area contributed by atoms with E-state index >= 15 is 0 Å². The lowest BCUT2D eigenvalue weighted by Crippen LogP contribution is -2.29. The van der Waals surface area contributed by atoms with E-state index in [1.807, 2.05) is 0 Å². The van der Waals surface area contributed by atoms with E-state index in [1.54, 1.807) is 34.6 Å². The second-order valence-electron chi connectivity index (χ2n) is 4.18. The molecule has 0 unspecified atom stereocenters. The highest BCUT2D eigenvalue weighted by Crippen LogP contribution is 2.49. The van der Waals surface area contributed by atoms with E-state index in [9.17, 15) is 9.36 Å². The van der Waals surface area contributed by atoms with Crippen LogP contribution in [0, 0.1) is 5.41 Å². The van der Waals surface area contributed by atoms with Crippen LogP contribution in [0.25, 0.3) is 0 Å². The van der Waals surface area contributed by atoms with E-state index in [4.69, 9.17) is 19.2 Å². The summed E-state index contributed by atoms with van der Waals surface area (Å²) >= 11 is 0. The summed E-state index contributed by atoms with van der Waals surface area (Å²) in [5, 5.41) is 7.55. The minimum atomic E-state index is -3.84. The first-order chi connectivity index (χ1) is 7.66. The van der Waals surface area contributed by atoms with Gasteiger partial charge in [0.1, 0.15) is 5.60 Å². The first-order valence-corrected chi connectivity index (χ1v) is 6.92. The van der Waals surface area contributed by atoms with E-state index in [0.29, 0.717) is 0 Å². The van der Waals surface area contributed by atoms with Crippen LogP contribution in [-0.4, -0.2) is 30.2 Å². The lowest BCUT2D eigenvalue weighted by atomic mass is 10.2. The van der Waals surface area contributed by atoms with Crippen molar-refractivity contribution in [3.63, 3.8) is 0 Å². The molecule has 0 atom stereocenters. The molecule has 17 heavy (non-hydrogen) atoms. The molecular formula is C10H20NO5P. The SMILES string of the molecule is CCOP(=O)(OCC)C(=N)C(=O)OC(C)(C)C. The van der Waals surface area contributed by atoms with Crippen LogP contribution >= 0.6 is 7.60 Å². The molecule has 0 aliphatic rings. The molecular weight excluding hydrogens is 245 g/mol. The maximum atomic E-state index is 12.1. The quantitative estimate of drug-likeness (QED) is 0.453. The Morgan fingerprint density at radius 1 is 1.18 bits per heavy atom. The van der Waals surface area contributed by atoms with Gasteiger partial charge in [0.15, 0.2) is 0 Å². The molecule has 0 radical (unpaired) electrons. The molecule has 0 aliphatic carbocycles. The summed E-state index contributed by atoms with van der Waals surface area (Å²) in [6, 6.07) is 0. The number of ether oxygens (including phenoxy) is 1. The molecule has 0 aliphatic heterocycles. The Hall–Kier alpha value is -0.710. The molecule has 0 spiro atoms. The van der Waals surface area contributed by atoms with Gasteiger partial charge in [-0.25, -0.2) is 4.79 Å². The first kappa shape index (κ1) is 16.3. The van der Waals surface area contributed by atoms with Crippen molar-refractivity contribution in [1.82, 2.24) is 0 Å². The predicted octanol–water partition coefficient (Wildman–Crippen LogP) is 2.57. The van der Waals surface area contributed by atoms with Gasteiger partial charge in [-0.15, -0.1) is 0 Å². The minimum Gasteiger partial charge on any atom is -0.455 e. The summed E-state index contributed by atoms with van der Waals surface area (Å²) in [4.78, 5) is 11.6. The maximum Gasteiger partial charge on any atom is 0.386 e. The molecule has 0 aromatic carbocycles. The van der Waals surface area contributed by atoms with E-state index in [0.717, 1.165) is 0 Å². The highest BCUT2D eigenvalue weighted by molar-refractivity contribution is 7.75. The van der Waals surface area contributed by atoms with Gasteiger partial charge in [0, 0.05) is 0 Å². The largest absolute Gasteiger partial charge is 0.455 e. The fourth-order valence-corrected chi connectivity index (χ4v) is 2.23. The van der Waals surface area contributed by atoms with Gasteiger partial charge >= 0.3 is 13.6 Å². The van der Waals surface area contributed by atoms with Gasteiger partial charge in [0.05, 0.1) is 13.2 Å². The molecule has 0 fully saturated rings. The Bertz CT molecular complexity index is 324. The van der Waals surface area contributed by atoms with E-state index in [1.165, 1.54) is 0 Å². The smallest absolute Gasteiger partial charge is 0.386 e. The van der Waals surface area contributed by atoms with Gasteiger partial charge in [0.2, 0.25) is 5.45 Å². The number of nitrogens with one attached hydrogen (secondary N) is 1. The van der Waals surface area contributed by atoms with Crippen molar-refractivity contribution in [2.45, 2.75) is 40.2 Å². The summed E-state index contributed by atoms with van der Waals surface area (Å²) in [6.45, 7) is 8.35. The summed E-state index contributed by atoms with van der Waals surface area (Å²) in [7, 11) is -3.84. The third kappa shape index (κ3) is 5.44. The molecule has 0 aromatic rings. The molecule has 0 amide bonds. The molecule has 0 saturated carbocycles. The lowest BCUT2D eigenvalue weighted by Gasteiger charge is -2.22. The number of carbonyl (C=O) groups is 1. The third-order valence-corrected chi connectivity index (χ3v) is 3.39.